The third-order valence-corrected chi connectivity index (χ3v) is 3.99. The minimum Gasteiger partial charge on any atom is -0.465 e. The predicted octanol–water partition coefficient (Wildman–Crippen LogP) is 4.06. The van der Waals surface area contributed by atoms with Gasteiger partial charge in [0.15, 0.2) is 6.61 Å². The lowest BCUT2D eigenvalue weighted by atomic mass is 10.1. The number of aromatic nitrogens is 2. The Morgan fingerprint density at radius 3 is 2.60 bits per heavy atom. The predicted molar refractivity (Wildman–Crippen MR) is 86.5 cm³/mol. The van der Waals surface area contributed by atoms with Crippen LogP contribution < -0.4 is 0 Å². The molecule has 0 aliphatic carbocycles. The van der Waals surface area contributed by atoms with E-state index in [2.05, 4.69) is 10.1 Å². The van der Waals surface area contributed by atoms with E-state index >= 15 is 0 Å². The fourth-order valence-electron chi connectivity index (χ4n) is 2.46. The molecule has 0 radical (unpaired) electrons. The van der Waals surface area contributed by atoms with Crippen LogP contribution in [0.2, 0.25) is 0 Å². The van der Waals surface area contributed by atoms with Crippen molar-refractivity contribution in [2.75, 3.05) is 0 Å². The van der Waals surface area contributed by atoms with E-state index in [1.807, 2.05) is 0 Å². The molecule has 0 bridgehead atoms. The number of halogens is 1. The maximum absolute atomic E-state index is 13.6. The van der Waals surface area contributed by atoms with Gasteiger partial charge in [0.25, 0.3) is 5.89 Å². The molecule has 0 unspecified atom stereocenters. The van der Waals surface area contributed by atoms with Crippen molar-refractivity contribution < 1.29 is 22.9 Å². The molecule has 0 aliphatic heterocycles. The summed E-state index contributed by atoms with van der Waals surface area (Å²) in [6.07, 6.45) is 0. The number of esters is 1. The van der Waals surface area contributed by atoms with Crippen molar-refractivity contribution in [2.24, 2.45) is 0 Å². The zero-order chi connectivity index (χ0) is 18.1. The number of hydrogen-bond acceptors (Lipinski definition) is 6. The van der Waals surface area contributed by atoms with Crippen LogP contribution in [0, 0.1) is 33.5 Å². The molecule has 2 aromatic heterocycles. The van der Waals surface area contributed by atoms with Gasteiger partial charge in [0, 0.05) is 11.1 Å². The van der Waals surface area contributed by atoms with E-state index in [0.717, 1.165) is 5.56 Å². The zero-order valence-corrected chi connectivity index (χ0v) is 14.3. The molecule has 3 aromatic rings. The lowest BCUT2D eigenvalue weighted by Gasteiger charge is -2.01. The van der Waals surface area contributed by atoms with Crippen LogP contribution in [0.5, 0.6) is 0 Å². The number of furan rings is 1. The van der Waals surface area contributed by atoms with E-state index in [-0.39, 0.29) is 24.1 Å². The first-order valence-electron chi connectivity index (χ1n) is 7.69. The fraction of sp³-hybridized carbons (Fsp3) is 0.278. The topological polar surface area (TPSA) is 78.4 Å². The lowest BCUT2D eigenvalue weighted by molar-refractivity contribution is 0.0427. The van der Waals surface area contributed by atoms with Crippen LogP contribution in [0.4, 0.5) is 4.39 Å². The van der Waals surface area contributed by atoms with Crippen molar-refractivity contribution in [3.05, 3.63) is 58.1 Å². The average Bonchev–Trinajstić information content (AvgIpc) is 3.13. The number of carbonyl (C=O) groups excluding carboxylic acids is 1. The molecule has 25 heavy (non-hydrogen) atoms. The lowest BCUT2D eigenvalue weighted by Crippen LogP contribution is -2.07. The molecule has 0 fully saturated rings. The van der Waals surface area contributed by atoms with E-state index in [4.69, 9.17) is 13.7 Å². The Kier molecular flexibility index (Phi) is 4.39. The summed E-state index contributed by atoms with van der Waals surface area (Å²) in [5, 5.41) is 3.78. The third-order valence-electron chi connectivity index (χ3n) is 3.99. The molecule has 0 N–H and O–H groups in total. The number of hydrogen-bond donors (Lipinski definition) is 0. The molecule has 7 heteroatoms. The molecule has 130 valence electrons. The first-order valence-corrected chi connectivity index (χ1v) is 7.69. The van der Waals surface area contributed by atoms with Crippen molar-refractivity contribution in [1.82, 2.24) is 10.1 Å². The van der Waals surface area contributed by atoms with Gasteiger partial charge < -0.3 is 13.7 Å². The first-order chi connectivity index (χ1) is 11.9. The minimum atomic E-state index is -0.520. The van der Waals surface area contributed by atoms with Gasteiger partial charge in [-0.1, -0.05) is 17.3 Å². The summed E-state index contributed by atoms with van der Waals surface area (Å²) in [5.41, 5.74) is 2.16. The second kappa shape index (κ2) is 6.51. The SMILES string of the molecule is Cc1ccc(-c2noc(COC(=O)c3c(C)oc(C)c3C)n2)cc1F. The largest absolute Gasteiger partial charge is 0.465 e. The van der Waals surface area contributed by atoms with Crippen molar-refractivity contribution in [2.45, 2.75) is 34.3 Å². The van der Waals surface area contributed by atoms with Gasteiger partial charge in [-0.25, -0.2) is 9.18 Å². The van der Waals surface area contributed by atoms with Gasteiger partial charge in [0.1, 0.15) is 22.9 Å². The standard InChI is InChI=1S/C18H17FN2O4/c1-9-5-6-13(7-14(9)19)17-20-15(25-21-17)8-23-18(22)16-10(2)11(3)24-12(16)4/h5-7H,8H2,1-4H3. The van der Waals surface area contributed by atoms with Crippen LogP contribution in [0.1, 0.15) is 38.9 Å². The van der Waals surface area contributed by atoms with Crippen molar-refractivity contribution in [3.63, 3.8) is 0 Å². The number of benzene rings is 1. The van der Waals surface area contributed by atoms with Gasteiger partial charge >= 0.3 is 5.97 Å². The summed E-state index contributed by atoms with van der Waals surface area (Å²) in [6.45, 7) is 6.77. The molecular formula is C18H17FN2O4. The molecule has 0 saturated heterocycles. The molecule has 2 heterocycles. The number of rotatable bonds is 4. The van der Waals surface area contributed by atoms with Gasteiger partial charge in [-0.2, -0.15) is 4.98 Å². The van der Waals surface area contributed by atoms with Crippen LogP contribution in [0.25, 0.3) is 11.4 Å². The highest BCUT2D eigenvalue weighted by atomic mass is 19.1. The van der Waals surface area contributed by atoms with Crippen LogP contribution >= 0.6 is 0 Å². The molecule has 0 atom stereocenters. The molecule has 0 amide bonds. The van der Waals surface area contributed by atoms with Crippen LogP contribution in [-0.4, -0.2) is 16.1 Å². The Morgan fingerprint density at radius 1 is 1.20 bits per heavy atom. The summed E-state index contributed by atoms with van der Waals surface area (Å²) >= 11 is 0. The molecule has 0 spiro atoms. The summed E-state index contributed by atoms with van der Waals surface area (Å²) < 4.78 is 29.3. The van der Waals surface area contributed by atoms with Crippen molar-refractivity contribution >= 4 is 5.97 Å². The first kappa shape index (κ1) is 16.9. The Labute approximate surface area is 143 Å². The highest BCUT2D eigenvalue weighted by Gasteiger charge is 2.21. The maximum atomic E-state index is 13.6. The third kappa shape index (κ3) is 3.31. The molecule has 1 aromatic carbocycles. The Balaban J connectivity index is 1.71. The average molecular weight is 344 g/mol. The van der Waals surface area contributed by atoms with E-state index in [9.17, 15) is 9.18 Å². The van der Waals surface area contributed by atoms with E-state index in [0.29, 0.717) is 28.2 Å². The smallest absolute Gasteiger partial charge is 0.342 e. The normalized spacial score (nSPS) is 10.9. The zero-order valence-electron chi connectivity index (χ0n) is 14.3. The molecule has 6 nitrogen and oxygen atoms in total. The molecule has 3 rings (SSSR count). The molecular weight excluding hydrogens is 327 g/mol. The molecule has 0 saturated carbocycles. The fourth-order valence-corrected chi connectivity index (χ4v) is 2.46. The number of ether oxygens (including phenoxy) is 1. The maximum Gasteiger partial charge on any atom is 0.342 e. The highest BCUT2D eigenvalue weighted by molar-refractivity contribution is 5.92. The number of carbonyl (C=O) groups is 1. The monoisotopic (exact) mass is 344 g/mol. The summed E-state index contributed by atoms with van der Waals surface area (Å²) in [4.78, 5) is 16.3. The van der Waals surface area contributed by atoms with E-state index in [1.165, 1.54) is 6.07 Å². The van der Waals surface area contributed by atoms with E-state index < -0.39 is 5.97 Å². The Bertz CT molecular complexity index is 943. The van der Waals surface area contributed by atoms with Crippen LogP contribution in [0.15, 0.2) is 27.1 Å². The minimum absolute atomic E-state index is 0.125. The van der Waals surface area contributed by atoms with E-state index in [1.54, 1.807) is 39.8 Å². The second-order valence-electron chi connectivity index (χ2n) is 5.77. The second-order valence-corrected chi connectivity index (χ2v) is 5.77. The van der Waals surface area contributed by atoms with Gasteiger partial charge in [0.2, 0.25) is 5.82 Å². The summed E-state index contributed by atoms with van der Waals surface area (Å²) in [5.74, 6) is 0.660. The molecule has 0 aliphatic rings. The van der Waals surface area contributed by atoms with Gasteiger partial charge in [-0.15, -0.1) is 0 Å². The van der Waals surface area contributed by atoms with Crippen molar-refractivity contribution in [1.29, 1.82) is 0 Å². The van der Waals surface area contributed by atoms with Crippen molar-refractivity contribution in [3.8, 4) is 11.4 Å². The number of nitrogens with zero attached hydrogens (tertiary/aromatic N) is 2. The van der Waals surface area contributed by atoms with Gasteiger partial charge in [-0.3, -0.25) is 0 Å². The van der Waals surface area contributed by atoms with Crippen LogP contribution in [-0.2, 0) is 11.3 Å². The summed E-state index contributed by atoms with van der Waals surface area (Å²) in [7, 11) is 0. The van der Waals surface area contributed by atoms with Crippen LogP contribution in [0.3, 0.4) is 0 Å². The highest BCUT2D eigenvalue weighted by Crippen LogP contribution is 2.22. The Hall–Kier alpha value is -2.96. The summed E-state index contributed by atoms with van der Waals surface area (Å²) in [6, 6.07) is 4.66. The van der Waals surface area contributed by atoms with Gasteiger partial charge in [-0.05, 0) is 39.3 Å². The Morgan fingerprint density at radius 2 is 1.96 bits per heavy atom. The van der Waals surface area contributed by atoms with Gasteiger partial charge in [0.05, 0.1) is 0 Å². The quantitative estimate of drug-likeness (QED) is 0.664. The number of aryl methyl sites for hydroxylation is 3.